The Hall–Kier alpha value is -4.89. The number of nitrogens with zero attached hydrogens (tertiary/aromatic N) is 4. The molecule has 8 nitrogen and oxygen atoms in total. The maximum absolute atomic E-state index is 12.6. The Balaban J connectivity index is 1.26. The number of carbonyl (C=O) groups is 1. The maximum atomic E-state index is 12.6. The molecule has 5 rings (SSSR count). The number of nitrogens with one attached hydrogen (secondary N) is 1. The Bertz CT molecular complexity index is 1670. The number of amides is 1. The van der Waals surface area contributed by atoms with Crippen molar-refractivity contribution in [3.63, 3.8) is 0 Å². The number of ether oxygens (including phenoxy) is 2. The topological polar surface area (TPSA) is 89.5 Å². The summed E-state index contributed by atoms with van der Waals surface area (Å²) in [6, 6.07) is 31.5. The number of pyridine rings is 1. The van der Waals surface area contributed by atoms with Crippen molar-refractivity contribution in [3.8, 4) is 22.8 Å². The number of hydrogen-bond donors (Lipinski definition) is 1. The zero-order valence-corrected chi connectivity index (χ0v) is 25.9. The Labute approximate surface area is 262 Å². The van der Waals surface area contributed by atoms with Crippen LogP contribution in [-0.4, -0.2) is 48.7 Å². The van der Waals surface area contributed by atoms with Gasteiger partial charge in [-0.15, -0.1) is 0 Å². The van der Waals surface area contributed by atoms with Gasteiger partial charge >= 0.3 is 0 Å². The fourth-order valence-electron chi connectivity index (χ4n) is 4.55. The summed E-state index contributed by atoms with van der Waals surface area (Å²) in [6.07, 6.45) is 2.53. The quantitative estimate of drug-likeness (QED) is 0.121. The first-order valence-corrected chi connectivity index (χ1v) is 15.3. The second kappa shape index (κ2) is 15.0. The number of likely N-dealkylation sites (N-methyl/N-ethyl adjacent to an activating group) is 1. The van der Waals surface area contributed by atoms with Crippen LogP contribution in [0.2, 0.25) is 0 Å². The van der Waals surface area contributed by atoms with Gasteiger partial charge in [-0.3, -0.25) is 9.78 Å². The van der Waals surface area contributed by atoms with Crippen molar-refractivity contribution in [3.05, 3.63) is 126 Å². The van der Waals surface area contributed by atoms with Crippen molar-refractivity contribution in [1.29, 1.82) is 0 Å². The van der Waals surface area contributed by atoms with E-state index in [1.54, 1.807) is 32.2 Å². The number of hydrogen-bond acceptors (Lipinski definition) is 8. The second-order valence-electron chi connectivity index (χ2n) is 10.1. The lowest BCUT2D eigenvalue weighted by atomic mass is 10.1. The summed E-state index contributed by atoms with van der Waals surface area (Å²) in [4.78, 5) is 28.8. The summed E-state index contributed by atoms with van der Waals surface area (Å²) < 4.78 is 10.8. The lowest BCUT2D eigenvalue weighted by Crippen LogP contribution is -2.23. The second-order valence-corrected chi connectivity index (χ2v) is 11.1. The number of aromatic nitrogens is 3. The van der Waals surface area contributed by atoms with E-state index >= 15 is 0 Å². The molecular weight excluding hydrogens is 570 g/mol. The van der Waals surface area contributed by atoms with E-state index in [9.17, 15) is 4.79 Å². The van der Waals surface area contributed by atoms with Crippen LogP contribution in [0.15, 0.2) is 108 Å². The standard InChI is InChI=1S/C35H35N5O3S/c1-40(20-18-25-14-17-31(42-2)32(21-25)43-3)33-22-30(27-9-5-4-6-10-27)38-35(39-33)44-24-26-12-15-28(16-13-26)34(41)37-23-29-11-7-8-19-36-29/h4-17,19,21-22H,18,20,23-24H2,1-3H3,(H,37,41). The molecule has 9 heteroatoms. The summed E-state index contributed by atoms with van der Waals surface area (Å²) in [5, 5.41) is 3.61. The van der Waals surface area contributed by atoms with Crippen LogP contribution < -0.4 is 19.7 Å². The monoisotopic (exact) mass is 605 g/mol. The highest BCUT2D eigenvalue weighted by atomic mass is 32.2. The van der Waals surface area contributed by atoms with E-state index in [2.05, 4.69) is 33.4 Å². The molecule has 0 aliphatic carbocycles. The maximum Gasteiger partial charge on any atom is 0.251 e. The minimum atomic E-state index is -0.130. The van der Waals surface area contributed by atoms with Crippen LogP contribution in [0.5, 0.6) is 11.5 Å². The summed E-state index contributed by atoms with van der Waals surface area (Å²) >= 11 is 1.57. The molecule has 0 atom stereocenters. The van der Waals surface area contributed by atoms with Gasteiger partial charge in [-0.2, -0.15) is 0 Å². The Morgan fingerprint density at radius 3 is 2.32 bits per heavy atom. The molecule has 0 fully saturated rings. The summed E-state index contributed by atoms with van der Waals surface area (Å²) in [5.74, 6) is 2.82. The lowest BCUT2D eigenvalue weighted by molar-refractivity contribution is 0.0950. The third-order valence-corrected chi connectivity index (χ3v) is 8.00. The number of rotatable bonds is 13. The number of methoxy groups -OCH3 is 2. The molecule has 0 aliphatic heterocycles. The molecule has 224 valence electrons. The molecule has 1 amide bonds. The molecule has 0 saturated carbocycles. The van der Waals surface area contributed by atoms with E-state index < -0.39 is 0 Å². The molecule has 5 aromatic rings. The van der Waals surface area contributed by atoms with Crippen LogP contribution >= 0.6 is 11.8 Å². The molecule has 44 heavy (non-hydrogen) atoms. The van der Waals surface area contributed by atoms with Crippen LogP contribution in [0.1, 0.15) is 27.2 Å². The molecule has 0 unspecified atom stereocenters. The first-order chi connectivity index (χ1) is 21.5. The van der Waals surface area contributed by atoms with Crippen molar-refractivity contribution in [2.24, 2.45) is 0 Å². The number of carbonyl (C=O) groups excluding carboxylic acids is 1. The molecule has 0 spiro atoms. The average Bonchev–Trinajstić information content (AvgIpc) is 3.09. The predicted octanol–water partition coefficient (Wildman–Crippen LogP) is 6.46. The summed E-state index contributed by atoms with van der Waals surface area (Å²) in [6.45, 7) is 1.14. The van der Waals surface area contributed by atoms with Crippen molar-refractivity contribution < 1.29 is 14.3 Å². The first-order valence-electron chi connectivity index (χ1n) is 14.3. The molecular formula is C35H35N5O3S. The minimum Gasteiger partial charge on any atom is -0.493 e. The van der Waals surface area contributed by atoms with Crippen LogP contribution in [0.4, 0.5) is 5.82 Å². The minimum absolute atomic E-state index is 0.130. The van der Waals surface area contributed by atoms with Gasteiger partial charge in [0.2, 0.25) is 0 Å². The van der Waals surface area contributed by atoms with E-state index in [1.807, 2.05) is 85.9 Å². The third-order valence-electron chi connectivity index (χ3n) is 7.08. The Morgan fingerprint density at radius 1 is 0.841 bits per heavy atom. The van der Waals surface area contributed by atoms with Crippen LogP contribution in [0.25, 0.3) is 11.3 Å². The summed E-state index contributed by atoms with van der Waals surface area (Å²) in [7, 11) is 5.33. The van der Waals surface area contributed by atoms with E-state index in [4.69, 9.17) is 19.4 Å². The van der Waals surface area contributed by atoms with E-state index in [0.717, 1.165) is 52.6 Å². The highest BCUT2D eigenvalue weighted by molar-refractivity contribution is 7.98. The van der Waals surface area contributed by atoms with Gasteiger partial charge in [-0.25, -0.2) is 9.97 Å². The predicted molar refractivity (Wildman–Crippen MR) is 175 cm³/mol. The van der Waals surface area contributed by atoms with Crippen molar-refractivity contribution in [2.45, 2.75) is 23.9 Å². The van der Waals surface area contributed by atoms with Gasteiger partial charge in [0.1, 0.15) is 5.82 Å². The van der Waals surface area contributed by atoms with Crippen LogP contribution in [-0.2, 0) is 18.7 Å². The molecule has 0 radical (unpaired) electrons. The van der Waals surface area contributed by atoms with Crippen molar-refractivity contribution in [2.75, 3.05) is 32.7 Å². The third kappa shape index (κ3) is 8.14. The van der Waals surface area contributed by atoms with Crippen LogP contribution in [0.3, 0.4) is 0 Å². The molecule has 2 heterocycles. The van der Waals surface area contributed by atoms with Gasteiger partial charge in [-0.1, -0.05) is 66.4 Å². The Morgan fingerprint density at radius 2 is 1.59 bits per heavy atom. The van der Waals surface area contributed by atoms with Gasteiger partial charge in [-0.05, 0) is 53.9 Å². The molecule has 0 bridgehead atoms. The number of thioether (sulfide) groups is 1. The van der Waals surface area contributed by atoms with Gasteiger partial charge in [0.15, 0.2) is 16.7 Å². The number of benzene rings is 3. The van der Waals surface area contributed by atoms with Crippen molar-refractivity contribution >= 4 is 23.5 Å². The smallest absolute Gasteiger partial charge is 0.251 e. The zero-order chi connectivity index (χ0) is 30.7. The highest BCUT2D eigenvalue weighted by Gasteiger charge is 2.13. The van der Waals surface area contributed by atoms with Gasteiger partial charge < -0.3 is 19.7 Å². The summed E-state index contributed by atoms with van der Waals surface area (Å²) in [5.41, 5.74) is 5.56. The molecule has 3 aromatic carbocycles. The van der Waals surface area contributed by atoms with Crippen molar-refractivity contribution in [1.82, 2.24) is 20.3 Å². The molecule has 1 N–H and O–H groups in total. The van der Waals surface area contributed by atoms with Gasteiger partial charge in [0.25, 0.3) is 5.91 Å². The molecule has 2 aromatic heterocycles. The van der Waals surface area contributed by atoms with E-state index in [-0.39, 0.29) is 5.91 Å². The van der Waals surface area contributed by atoms with Gasteiger partial charge in [0.05, 0.1) is 32.2 Å². The van der Waals surface area contributed by atoms with E-state index in [1.165, 1.54) is 0 Å². The SMILES string of the molecule is COc1ccc(CCN(C)c2cc(-c3ccccc3)nc(SCc3ccc(C(=O)NCc4ccccn4)cc3)n2)cc1OC. The highest BCUT2D eigenvalue weighted by Crippen LogP contribution is 2.29. The lowest BCUT2D eigenvalue weighted by Gasteiger charge is -2.20. The molecule has 0 saturated heterocycles. The largest absolute Gasteiger partial charge is 0.493 e. The van der Waals surface area contributed by atoms with Gasteiger partial charge in [0, 0.05) is 42.7 Å². The number of anilines is 1. The normalized spacial score (nSPS) is 10.7. The van der Waals surface area contributed by atoms with Crippen LogP contribution in [0, 0.1) is 0 Å². The first kappa shape index (κ1) is 30.6. The zero-order valence-electron chi connectivity index (χ0n) is 25.1. The fourth-order valence-corrected chi connectivity index (χ4v) is 5.36. The van der Waals surface area contributed by atoms with E-state index in [0.29, 0.717) is 28.8 Å². The molecule has 0 aliphatic rings. The fraction of sp³-hybridized carbons (Fsp3) is 0.200. The average molecular weight is 606 g/mol. The Kier molecular flexibility index (Phi) is 10.4.